The van der Waals surface area contributed by atoms with E-state index in [-0.39, 0.29) is 0 Å². The summed E-state index contributed by atoms with van der Waals surface area (Å²) in [7, 11) is -1.05. The van der Waals surface area contributed by atoms with Gasteiger partial charge in [0, 0.05) is 26.1 Å². The van der Waals surface area contributed by atoms with Crippen molar-refractivity contribution in [2.75, 3.05) is 11.5 Å². The average Bonchev–Trinajstić information content (AvgIpc) is 2.80. The van der Waals surface area contributed by atoms with E-state index in [1.165, 1.54) is 10.5 Å². The number of anilines is 1. The molecule has 3 rings (SSSR count). The maximum atomic E-state index is 12.5. The van der Waals surface area contributed by atoms with E-state index in [4.69, 9.17) is 5.73 Å². The first kappa shape index (κ1) is 14.2. The largest absolute Gasteiger partial charge is 0.398 e. The van der Waals surface area contributed by atoms with Gasteiger partial charge >= 0.3 is 0 Å². The number of benzene rings is 2. The molecule has 20 heavy (non-hydrogen) atoms. The molecular weight excluding hydrogens is 354 g/mol. The number of thioether (sulfide) groups is 1. The van der Waals surface area contributed by atoms with Crippen LogP contribution in [0.4, 0.5) is 5.69 Å². The van der Waals surface area contributed by atoms with Crippen LogP contribution in [0, 0.1) is 0 Å². The number of nitrogens with two attached hydrogens (primary N) is 1. The monoisotopic (exact) mass is 367 g/mol. The second kappa shape index (κ2) is 5.92. The highest BCUT2D eigenvalue weighted by molar-refractivity contribution is 9.10. The molecule has 2 aromatic carbocycles. The number of fused-ring (bicyclic) bond motifs is 1. The molecule has 0 radical (unpaired) electrons. The molecule has 0 fully saturated rings. The van der Waals surface area contributed by atoms with E-state index in [1.807, 2.05) is 30.0 Å². The summed E-state index contributed by atoms with van der Waals surface area (Å²) in [5.41, 5.74) is 7.91. The average molecular weight is 368 g/mol. The van der Waals surface area contributed by atoms with Crippen LogP contribution in [-0.4, -0.2) is 15.2 Å². The molecule has 0 spiro atoms. The molecule has 2 atom stereocenters. The van der Waals surface area contributed by atoms with E-state index in [1.54, 1.807) is 0 Å². The Morgan fingerprint density at radius 2 is 2.10 bits per heavy atom. The molecule has 0 aliphatic carbocycles. The Labute approximate surface area is 133 Å². The number of rotatable bonds is 3. The predicted molar refractivity (Wildman–Crippen MR) is 89.6 cm³/mol. The molecule has 2 nitrogen and oxygen atoms in total. The lowest BCUT2D eigenvalue weighted by atomic mass is 10.1. The van der Waals surface area contributed by atoms with Crippen molar-refractivity contribution in [3.8, 4) is 0 Å². The quantitative estimate of drug-likeness (QED) is 0.837. The van der Waals surface area contributed by atoms with Gasteiger partial charge in [-0.25, -0.2) is 0 Å². The van der Waals surface area contributed by atoms with E-state index >= 15 is 0 Å². The lowest BCUT2D eigenvalue weighted by Crippen LogP contribution is -2.13. The van der Waals surface area contributed by atoms with E-state index < -0.39 is 10.8 Å². The summed E-state index contributed by atoms with van der Waals surface area (Å²) in [6.45, 7) is 0. The van der Waals surface area contributed by atoms with Crippen molar-refractivity contribution in [2.45, 2.75) is 21.5 Å². The van der Waals surface area contributed by atoms with Gasteiger partial charge in [0.15, 0.2) is 0 Å². The van der Waals surface area contributed by atoms with Crippen molar-refractivity contribution in [1.29, 1.82) is 0 Å². The molecule has 1 aliphatic rings. The molecule has 2 aromatic rings. The third-order valence-corrected chi connectivity index (χ3v) is 6.86. The smallest absolute Gasteiger partial charge is 0.0618 e. The molecule has 1 aliphatic heterocycles. The highest BCUT2D eigenvalue weighted by atomic mass is 79.9. The molecule has 0 aromatic heterocycles. The van der Waals surface area contributed by atoms with Crippen LogP contribution < -0.4 is 5.73 Å². The Balaban J connectivity index is 1.72. The zero-order valence-corrected chi connectivity index (χ0v) is 13.9. The van der Waals surface area contributed by atoms with Crippen LogP contribution in [0.15, 0.2) is 56.7 Å². The third kappa shape index (κ3) is 2.95. The van der Waals surface area contributed by atoms with Crippen molar-refractivity contribution in [3.63, 3.8) is 0 Å². The molecule has 104 valence electrons. The summed E-state index contributed by atoms with van der Waals surface area (Å²) < 4.78 is 13.4. The highest BCUT2D eigenvalue weighted by Gasteiger charge is 2.24. The fourth-order valence-corrected chi connectivity index (χ4v) is 5.61. The molecule has 0 saturated carbocycles. The van der Waals surface area contributed by atoms with Crippen LogP contribution >= 0.6 is 27.7 Å². The molecule has 0 amide bonds. The summed E-state index contributed by atoms with van der Waals surface area (Å²) in [5, 5.41) is 0.372. The lowest BCUT2D eigenvalue weighted by molar-refractivity contribution is 0.681. The fourth-order valence-electron chi connectivity index (χ4n) is 2.33. The van der Waals surface area contributed by atoms with Gasteiger partial charge in [0.2, 0.25) is 0 Å². The number of halogens is 1. The third-order valence-electron chi connectivity index (χ3n) is 3.27. The highest BCUT2D eigenvalue weighted by Crippen LogP contribution is 2.37. The van der Waals surface area contributed by atoms with E-state index in [9.17, 15) is 4.21 Å². The van der Waals surface area contributed by atoms with E-state index in [2.05, 4.69) is 40.2 Å². The molecule has 5 heteroatoms. The van der Waals surface area contributed by atoms with Crippen LogP contribution in [0.25, 0.3) is 0 Å². The minimum absolute atomic E-state index is 0.372. The van der Waals surface area contributed by atoms with Crippen molar-refractivity contribution >= 4 is 44.2 Å². The summed E-state index contributed by atoms with van der Waals surface area (Å²) in [5.74, 6) is 0.644. The molecule has 2 N–H and O–H groups in total. The molecule has 0 bridgehead atoms. The summed E-state index contributed by atoms with van der Waals surface area (Å²) in [6.07, 6.45) is 0.989. The van der Waals surface area contributed by atoms with Crippen LogP contribution in [0.3, 0.4) is 0 Å². The van der Waals surface area contributed by atoms with E-state index in [0.717, 1.165) is 15.8 Å². The second-order valence-corrected chi connectivity index (χ2v) is 8.47. The van der Waals surface area contributed by atoms with Gasteiger partial charge in [-0.05, 0) is 36.2 Å². The predicted octanol–water partition coefficient (Wildman–Crippen LogP) is 3.86. The Morgan fingerprint density at radius 3 is 2.85 bits per heavy atom. The number of hydrogen-bond donors (Lipinski definition) is 1. The van der Waals surface area contributed by atoms with Gasteiger partial charge in [-0.1, -0.05) is 34.1 Å². The molecule has 2 unspecified atom stereocenters. The molecule has 1 heterocycles. The van der Waals surface area contributed by atoms with E-state index in [0.29, 0.717) is 16.7 Å². The van der Waals surface area contributed by atoms with Gasteiger partial charge in [-0.15, -0.1) is 11.8 Å². The van der Waals surface area contributed by atoms with Crippen LogP contribution in [0.5, 0.6) is 0 Å². The Kier molecular flexibility index (Phi) is 4.19. The van der Waals surface area contributed by atoms with Gasteiger partial charge in [-0.2, -0.15) is 0 Å². The van der Waals surface area contributed by atoms with Crippen molar-refractivity contribution in [1.82, 2.24) is 0 Å². The van der Waals surface area contributed by atoms with Gasteiger partial charge in [-0.3, -0.25) is 4.21 Å². The number of nitrogen functional groups attached to an aromatic ring is 1. The fraction of sp³-hybridized carbons (Fsp3) is 0.200. The SMILES string of the molecule is Nc1cc(Br)ccc1S(=O)CC1Cc2ccccc2S1. The van der Waals surface area contributed by atoms with Crippen LogP contribution in [0.1, 0.15) is 5.56 Å². The first-order valence-electron chi connectivity index (χ1n) is 6.31. The normalized spacial score (nSPS) is 18.8. The van der Waals surface area contributed by atoms with Crippen molar-refractivity contribution < 1.29 is 4.21 Å². The zero-order valence-electron chi connectivity index (χ0n) is 10.7. The standard InChI is InChI=1S/C15H14BrNOS2/c16-11-5-6-15(13(17)8-11)20(18)9-12-7-10-3-1-2-4-14(10)19-12/h1-6,8,12H,7,9,17H2. The second-order valence-electron chi connectivity index (χ2n) is 4.75. The van der Waals surface area contributed by atoms with Crippen LogP contribution in [0.2, 0.25) is 0 Å². The summed E-state index contributed by atoms with van der Waals surface area (Å²) >= 11 is 5.20. The van der Waals surface area contributed by atoms with Crippen molar-refractivity contribution in [3.05, 3.63) is 52.5 Å². The maximum absolute atomic E-state index is 12.5. The summed E-state index contributed by atoms with van der Waals surface area (Å²) in [4.78, 5) is 2.06. The van der Waals surface area contributed by atoms with Crippen molar-refractivity contribution in [2.24, 2.45) is 0 Å². The minimum atomic E-state index is -1.05. The first-order chi connectivity index (χ1) is 9.63. The van der Waals surface area contributed by atoms with Gasteiger partial charge in [0.25, 0.3) is 0 Å². The maximum Gasteiger partial charge on any atom is 0.0618 e. The Morgan fingerprint density at radius 1 is 1.30 bits per heavy atom. The van der Waals surface area contributed by atoms with Crippen LogP contribution in [-0.2, 0) is 17.2 Å². The minimum Gasteiger partial charge on any atom is -0.398 e. The zero-order chi connectivity index (χ0) is 14.1. The van der Waals surface area contributed by atoms with Gasteiger partial charge < -0.3 is 5.73 Å². The van der Waals surface area contributed by atoms with Gasteiger partial charge in [0.1, 0.15) is 0 Å². The first-order valence-corrected chi connectivity index (χ1v) is 9.30. The Hall–Kier alpha value is -0.780. The summed E-state index contributed by atoms with van der Waals surface area (Å²) in [6, 6.07) is 14.0. The van der Waals surface area contributed by atoms with Gasteiger partial charge in [0.05, 0.1) is 15.7 Å². The Bertz CT molecular complexity index is 650. The molecular formula is C15H14BrNOS2. The topological polar surface area (TPSA) is 43.1 Å². The lowest BCUT2D eigenvalue weighted by Gasteiger charge is -2.10. The molecule has 0 saturated heterocycles. The number of hydrogen-bond acceptors (Lipinski definition) is 3.